The monoisotopic (exact) mass is 365 g/mol. The maximum Gasteiger partial charge on any atom is 0.260 e. The maximum absolute atomic E-state index is 13.4. The van der Waals surface area contributed by atoms with Gasteiger partial charge in [0.05, 0.1) is 0 Å². The van der Waals surface area contributed by atoms with E-state index in [9.17, 15) is 14.4 Å². The van der Waals surface area contributed by atoms with Crippen LogP contribution in [0.25, 0.3) is 0 Å². The van der Waals surface area contributed by atoms with Crippen molar-refractivity contribution in [3.8, 4) is 0 Å². The summed E-state index contributed by atoms with van der Waals surface area (Å²) in [5.41, 5.74) is -0.0363. The number of pyridine rings is 1. The van der Waals surface area contributed by atoms with E-state index < -0.39 is 11.1 Å². The summed E-state index contributed by atoms with van der Waals surface area (Å²) in [6.07, 6.45) is 4.46. The molecule has 1 aromatic carbocycles. The van der Waals surface area contributed by atoms with Gasteiger partial charge < -0.3 is 14.8 Å². The Morgan fingerprint density at radius 2 is 1.74 bits per heavy atom. The third-order valence-electron chi connectivity index (χ3n) is 5.70. The zero-order chi connectivity index (χ0) is 18.9. The van der Waals surface area contributed by atoms with E-state index in [1.54, 1.807) is 11.0 Å². The lowest BCUT2D eigenvalue weighted by Gasteiger charge is -2.44. The summed E-state index contributed by atoms with van der Waals surface area (Å²) in [7, 11) is 0. The molecule has 4 rings (SSSR count). The third-order valence-corrected chi connectivity index (χ3v) is 5.70. The van der Waals surface area contributed by atoms with Crippen molar-refractivity contribution in [2.24, 2.45) is 0 Å². The Kier molecular flexibility index (Phi) is 4.56. The number of nitrogens with one attached hydrogen (secondary N) is 1. The van der Waals surface area contributed by atoms with Crippen molar-refractivity contribution in [1.82, 2.24) is 14.8 Å². The van der Waals surface area contributed by atoms with Crippen LogP contribution in [0.2, 0.25) is 0 Å². The fourth-order valence-corrected chi connectivity index (χ4v) is 4.41. The summed E-state index contributed by atoms with van der Waals surface area (Å²) < 4.78 is 0. The van der Waals surface area contributed by atoms with Gasteiger partial charge in [-0.2, -0.15) is 0 Å². The number of likely N-dealkylation sites (tertiary alicyclic amines) is 2. The second-order valence-electron chi connectivity index (χ2n) is 7.32. The highest BCUT2D eigenvalue weighted by Gasteiger charge is 2.52. The van der Waals surface area contributed by atoms with Crippen LogP contribution in [0.1, 0.15) is 41.6 Å². The molecule has 1 aromatic heterocycles. The van der Waals surface area contributed by atoms with Crippen LogP contribution in [0.3, 0.4) is 0 Å². The van der Waals surface area contributed by atoms with Crippen LogP contribution in [0, 0.1) is 0 Å². The number of piperidine rings is 1. The highest BCUT2D eigenvalue weighted by atomic mass is 16.2. The van der Waals surface area contributed by atoms with E-state index in [1.165, 1.54) is 12.3 Å². The Hall–Kier alpha value is -2.89. The Labute approximate surface area is 157 Å². The quantitative estimate of drug-likeness (QED) is 0.906. The number of carbonyl (C=O) groups is 2. The van der Waals surface area contributed by atoms with E-state index in [-0.39, 0.29) is 17.4 Å². The van der Waals surface area contributed by atoms with Crippen molar-refractivity contribution in [2.75, 3.05) is 13.1 Å². The van der Waals surface area contributed by atoms with Crippen molar-refractivity contribution in [1.29, 1.82) is 0 Å². The van der Waals surface area contributed by atoms with Gasteiger partial charge in [0.1, 0.15) is 11.1 Å². The van der Waals surface area contributed by atoms with E-state index in [2.05, 4.69) is 4.98 Å². The molecule has 0 aliphatic carbocycles. The smallest absolute Gasteiger partial charge is 0.260 e. The second kappa shape index (κ2) is 7.02. The zero-order valence-electron chi connectivity index (χ0n) is 15.2. The Bertz CT molecular complexity index is 908. The van der Waals surface area contributed by atoms with Gasteiger partial charge in [0.2, 0.25) is 5.91 Å². The molecule has 2 amide bonds. The van der Waals surface area contributed by atoms with Crippen LogP contribution in [0.5, 0.6) is 0 Å². The van der Waals surface area contributed by atoms with Crippen LogP contribution >= 0.6 is 0 Å². The van der Waals surface area contributed by atoms with Gasteiger partial charge >= 0.3 is 0 Å². The highest BCUT2D eigenvalue weighted by molar-refractivity contribution is 5.99. The molecule has 2 aliphatic rings. The topological polar surface area (TPSA) is 73.5 Å². The number of H-pyrrole nitrogens is 1. The molecular formula is C21H23N3O3. The van der Waals surface area contributed by atoms with Gasteiger partial charge in [-0.1, -0.05) is 30.3 Å². The van der Waals surface area contributed by atoms with Gasteiger partial charge in [0.15, 0.2) is 0 Å². The molecule has 0 bridgehead atoms. The van der Waals surface area contributed by atoms with E-state index in [0.29, 0.717) is 32.5 Å². The molecule has 2 aromatic rings. The van der Waals surface area contributed by atoms with Crippen molar-refractivity contribution >= 4 is 11.8 Å². The predicted octanol–water partition coefficient (Wildman–Crippen LogP) is 2.17. The van der Waals surface area contributed by atoms with Gasteiger partial charge in [-0.25, -0.2) is 0 Å². The molecule has 6 heteroatoms. The fourth-order valence-electron chi connectivity index (χ4n) is 4.41. The van der Waals surface area contributed by atoms with Crippen molar-refractivity contribution in [3.05, 3.63) is 70.1 Å². The molecule has 1 spiro atoms. The van der Waals surface area contributed by atoms with Gasteiger partial charge in [-0.3, -0.25) is 14.4 Å². The van der Waals surface area contributed by atoms with Crippen molar-refractivity contribution in [2.45, 2.75) is 37.8 Å². The number of aromatic amines is 1. The molecule has 1 N–H and O–H groups in total. The molecular weight excluding hydrogens is 342 g/mol. The number of hydrogen-bond acceptors (Lipinski definition) is 3. The zero-order valence-corrected chi connectivity index (χ0v) is 15.2. The summed E-state index contributed by atoms with van der Waals surface area (Å²) in [6.45, 7) is 1.76. The minimum Gasteiger partial charge on any atom is -0.336 e. The van der Waals surface area contributed by atoms with Gasteiger partial charge in [-0.15, -0.1) is 0 Å². The fraction of sp³-hybridized carbons (Fsp3) is 0.381. The van der Waals surface area contributed by atoms with Crippen LogP contribution in [0.4, 0.5) is 0 Å². The first-order valence-electron chi connectivity index (χ1n) is 9.45. The van der Waals surface area contributed by atoms with Crippen LogP contribution < -0.4 is 5.56 Å². The van der Waals surface area contributed by atoms with Gasteiger partial charge in [0.25, 0.3) is 11.5 Å². The number of aromatic nitrogens is 1. The normalized spacial score (nSPS) is 22.4. The molecule has 0 radical (unpaired) electrons. The molecule has 2 saturated heterocycles. The molecule has 140 valence electrons. The number of amides is 2. The molecule has 6 nitrogen and oxygen atoms in total. The van der Waals surface area contributed by atoms with E-state index >= 15 is 0 Å². The first kappa shape index (κ1) is 17.5. The average Bonchev–Trinajstić information content (AvgIpc) is 3.11. The number of hydrogen-bond donors (Lipinski definition) is 1. The van der Waals surface area contributed by atoms with Crippen LogP contribution in [-0.2, 0) is 11.3 Å². The third kappa shape index (κ3) is 3.05. The lowest BCUT2D eigenvalue weighted by atomic mass is 9.84. The highest BCUT2D eigenvalue weighted by Crippen LogP contribution is 2.39. The van der Waals surface area contributed by atoms with Crippen molar-refractivity contribution in [3.63, 3.8) is 0 Å². The van der Waals surface area contributed by atoms with Crippen molar-refractivity contribution < 1.29 is 9.59 Å². The molecule has 3 heterocycles. The maximum atomic E-state index is 13.4. The van der Waals surface area contributed by atoms with Gasteiger partial charge in [-0.05, 0) is 43.4 Å². The molecule has 1 unspecified atom stereocenters. The minimum absolute atomic E-state index is 0.0100. The number of benzene rings is 1. The minimum atomic E-state index is -0.813. The standard InChI is InChI=1S/C21H23N3O3/c25-18-17(9-4-12-22-18)19(26)24-14-6-11-21(24)10-5-13-23(20(21)27)15-16-7-2-1-3-8-16/h1-4,7-9,12H,5-6,10-11,13-15H2,(H,22,25). The Morgan fingerprint density at radius 3 is 2.48 bits per heavy atom. The molecule has 2 aliphatic heterocycles. The first-order chi connectivity index (χ1) is 13.1. The predicted molar refractivity (Wildman–Crippen MR) is 101 cm³/mol. The Balaban J connectivity index is 1.62. The molecule has 1 atom stereocenters. The van der Waals surface area contributed by atoms with E-state index in [4.69, 9.17) is 0 Å². The van der Waals surface area contributed by atoms with Crippen LogP contribution in [-0.4, -0.2) is 45.2 Å². The first-order valence-corrected chi connectivity index (χ1v) is 9.45. The lowest BCUT2D eigenvalue weighted by Crippen LogP contribution is -2.61. The number of nitrogens with zero attached hydrogens (tertiary/aromatic N) is 2. The molecule has 0 saturated carbocycles. The summed E-state index contributed by atoms with van der Waals surface area (Å²) in [5.74, 6) is -0.333. The summed E-state index contributed by atoms with van der Waals surface area (Å²) >= 11 is 0. The molecule has 27 heavy (non-hydrogen) atoms. The van der Waals surface area contributed by atoms with E-state index in [0.717, 1.165) is 18.4 Å². The summed E-state index contributed by atoms with van der Waals surface area (Å²) in [5, 5.41) is 0. The average molecular weight is 365 g/mol. The largest absolute Gasteiger partial charge is 0.336 e. The molecule has 2 fully saturated rings. The van der Waals surface area contributed by atoms with Gasteiger partial charge in [0, 0.05) is 25.8 Å². The summed E-state index contributed by atoms with van der Waals surface area (Å²) in [4.78, 5) is 44.7. The number of rotatable bonds is 3. The SMILES string of the molecule is O=C(c1ccc[nH]c1=O)N1CCCC12CCCN(Cc1ccccc1)C2=O. The number of carbonyl (C=O) groups excluding carboxylic acids is 2. The van der Waals surface area contributed by atoms with E-state index in [1.807, 2.05) is 35.2 Å². The Morgan fingerprint density at radius 1 is 1.00 bits per heavy atom. The lowest BCUT2D eigenvalue weighted by molar-refractivity contribution is -0.146. The summed E-state index contributed by atoms with van der Waals surface area (Å²) in [6, 6.07) is 13.1. The van der Waals surface area contributed by atoms with Crippen LogP contribution in [0.15, 0.2) is 53.5 Å². The second-order valence-corrected chi connectivity index (χ2v) is 7.32.